The monoisotopic (exact) mass is 314 g/mol. The van der Waals surface area contributed by atoms with E-state index >= 15 is 0 Å². The quantitative estimate of drug-likeness (QED) is 0.837. The molecule has 2 heterocycles. The minimum Gasteiger partial charge on any atom is -0.333 e. The fourth-order valence-electron chi connectivity index (χ4n) is 2.94. The Morgan fingerprint density at radius 2 is 2.09 bits per heavy atom. The number of hydrogen-bond donors (Lipinski definition) is 2. The zero-order chi connectivity index (χ0) is 15.5. The minimum atomic E-state index is 0.427. The summed E-state index contributed by atoms with van der Waals surface area (Å²) in [6, 6.07) is 12.5. The Hall–Kier alpha value is -2.09. The molecule has 1 aliphatic rings. The molecule has 0 amide bonds. The molecule has 112 valence electrons. The second-order valence-electron chi connectivity index (χ2n) is 5.73. The number of nitriles is 1. The fraction of sp³-hybridized carbons (Fsp3) is 0.294. The van der Waals surface area contributed by atoms with Gasteiger partial charge in [0.2, 0.25) is 5.15 Å². The molecule has 3 rings (SSSR count). The summed E-state index contributed by atoms with van der Waals surface area (Å²) in [6.45, 7) is 2.65. The van der Waals surface area contributed by atoms with Crippen molar-refractivity contribution in [2.45, 2.75) is 19.5 Å². The molecular weight excluding hydrogens is 296 g/mol. The van der Waals surface area contributed by atoms with Crippen LogP contribution in [0.15, 0.2) is 30.3 Å². The highest BCUT2D eigenvalue weighted by Gasteiger charge is 2.28. The Morgan fingerprint density at radius 1 is 1.32 bits per heavy atom. The van der Waals surface area contributed by atoms with Gasteiger partial charge in [0.1, 0.15) is 24.7 Å². The zero-order valence-corrected chi connectivity index (χ0v) is 13.3. The van der Waals surface area contributed by atoms with E-state index in [0.717, 1.165) is 37.4 Å². The third kappa shape index (κ3) is 2.92. The number of anilines is 1. The fourth-order valence-corrected chi connectivity index (χ4v) is 3.19. The molecule has 0 spiro atoms. The largest absolute Gasteiger partial charge is 0.333 e. The molecule has 0 saturated heterocycles. The van der Waals surface area contributed by atoms with Gasteiger partial charge in [-0.15, -0.1) is 0 Å². The van der Waals surface area contributed by atoms with Crippen molar-refractivity contribution in [2.75, 3.05) is 18.9 Å². The van der Waals surface area contributed by atoms with Crippen LogP contribution >= 0.6 is 11.6 Å². The minimum absolute atomic E-state index is 0.427. The Balaban J connectivity index is 1.94. The molecule has 0 bridgehead atoms. The van der Waals surface area contributed by atoms with Crippen molar-refractivity contribution in [1.82, 2.24) is 0 Å². The average molecular weight is 315 g/mol. The van der Waals surface area contributed by atoms with Crippen molar-refractivity contribution in [2.24, 2.45) is 0 Å². The van der Waals surface area contributed by atoms with Crippen LogP contribution in [-0.4, -0.2) is 13.6 Å². The summed E-state index contributed by atoms with van der Waals surface area (Å²) in [5.74, 6) is 0.932. The third-order valence-electron chi connectivity index (χ3n) is 4.13. The van der Waals surface area contributed by atoms with Crippen LogP contribution in [0, 0.1) is 11.3 Å². The molecule has 3 N–H and O–H groups in total. The number of nitrogens with one attached hydrogen (secondary N) is 3. The molecule has 1 aromatic heterocycles. The number of pyridine rings is 1. The highest BCUT2D eigenvalue weighted by atomic mass is 35.5. The summed E-state index contributed by atoms with van der Waals surface area (Å²) >= 11 is 6.26. The highest BCUT2D eigenvalue weighted by molar-refractivity contribution is 6.29. The van der Waals surface area contributed by atoms with Crippen LogP contribution < -0.4 is 15.2 Å². The van der Waals surface area contributed by atoms with E-state index in [0.29, 0.717) is 10.7 Å². The van der Waals surface area contributed by atoms with Crippen LogP contribution in [0.4, 0.5) is 5.82 Å². The topological polar surface area (TPSA) is 54.4 Å². The zero-order valence-electron chi connectivity index (χ0n) is 12.5. The van der Waals surface area contributed by atoms with Crippen LogP contribution in [0.5, 0.6) is 0 Å². The van der Waals surface area contributed by atoms with E-state index in [4.69, 9.17) is 11.6 Å². The summed E-state index contributed by atoms with van der Waals surface area (Å²) < 4.78 is 0. The van der Waals surface area contributed by atoms with Crippen molar-refractivity contribution in [3.63, 3.8) is 0 Å². The molecule has 1 unspecified atom stereocenters. The van der Waals surface area contributed by atoms with Crippen molar-refractivity contribution < 1.29 is 9.88 Å². The van der Waals surface area contributed by atoms with Crippen molar-refractivity contribution >= 4 is 17.4 Å². The molecule has 0 fully saturated rings. The predicted molar refractivity (Wildman–Crippen MR) is 85.7 cm³/mol. The molecule has 1 aromatic carbocycles. The lowest BCUT2D eigenvalue weighted by Crippen LogP contribution is -3.08. The van der Waals surface area contributed by atoms with Gasteiger partial charge in [-0.3, -0.25) is 5.32 Å². The first-order chi connectivity index (χ1) is 10.7. The number of likely N-dealkylation sites (N-methyl/N-ethyl adjacent to an activating group) is 1. The molecule has 22 heavy (non-hydrogen) atoms. The first-order valence-corrected chi connectivity index (χ1v) is 7.82. The van der Waals surface area contributed by atoms with Gasteiger partial charge in [-0.05, 0) is 22.7 Å². The van der Waals surface area contributed by atoms with Crippen LogP contribution in [0.1, 0.15) is 22.3 Å². The number of halogens is 1. The summed E-state index contributed by atoms with van der Waals surface area (Å²) in [5.41, 5.74) is 4.07. The highest BCUT2D eigenvalue weighted by Crippen LogP contribution is 2.25. The first-order valence-electron chi connectivity index (χ1n) is 7.44. The first kappa shape index (κ1) is 14.8. The normalized spacial score (nSPS) is 16.7. The summed E-state index contributed by atoms with van der Waals surface area (Å²) in [6.07, 6.45) is 0.887. The SMILES string of the molecule is C[NH+]1CCc2c(C#N)c(Cl)[nH+]c(NCc3ccccc3)c2C1. The lowest BCUT2D eigenvalue weighted by molar-refractivity contribution is -0.895. The number of quaternary nitrogens is 1. The number of nitrogens with zero attached hydrogens (tertiary/aromatic N) is 1. The van der Waals surface area contributed by atoms with E-state index in [-0.39, 0.29) is 0 Å². The van der Waals surface area contributed by atoms with E-state index in [1.54, 1.807) is 0 Å². The van der Waals surface area contributed by atoms with Gasteiger partial charge in [-0.1, -0.05) is 30.3 Å². The van der Waals surface area contributed by atoms with E-state index < -0.39 is 0 Å². The van der Waals surface area contributed by atoms with Crippen LogP contribution in [0.2, 0.25) is 5.15 Å². The standard InChI is InChI=1S/C17H17ClN4/c1-22-8-7-13-14(9-19)16(18)21-17(15(13)11-22)20-10-12-5-3-2-4-6-12/h2-6H,7-8,10-11H2,1H3,(H,20,21)/p+2. The second-order valence-corrected chi connectivity index (χ2v) is 6.11. The smallest absolute Gasteiger partial charge is 0.283 e. The lowest BCUT2D eigenvalue weighted by Gasteiger charge is -2.23. The van der Waals surface area contributed by atoms with E-state index in [2.05, 4.69) is 35.6 Å². The Morgan fingerprint density at radius 3 is 2.82 bits per heavy atom. The summed E-state index contributed by atoms with van der Waals surface area (Å²) in [5, 5.41) is 13.2. The van der Waals surface area contributed by atoms with Crippen LogP contribution in [0.25, 0.3) is 0 Å². The predicted octanol–water partition coefficient (Wildman–Crippen LogP) is 1.21. The Bertz CT molecular complexity index is 722. The number of aromatic amines is 1. The maximum absolute atomic E-state index is 9.36. The summed E-state index contributed by atoms with van der Waals surface area (Å²) in [7, 11) is 2.17. The number of H-pyrrole nitrogens is 1. The molecule has 0 aliphatic carbocycles. The molecule has 1 atom stereocenters. The van der Waals surface area contributed by atoms with Gasteiger partial charge in [0.15, 0.2) is 0 Å². The number of fused-ring (bicyclic) bond motifs is 1. The van der Waals surface area contributed by atoms with E-state index in [9.17, 15) is 5.26 Å². The van der Waals surface area contributed by atoms with E-state index in [1.165, 1.54) is 16.0 Å². The van der Waals surface area contributed by atoms with E-state index in [1.807, 2.05) is 18.2 Å². The third-order valence-corrected chi connectivity index (χ3v) is 4.41. The van der Waals surface area contributed by atoms with Gasteiger partial charge < -0.3 is 4.90 Å². The lowest BCUT2D eigenvalue weighted by atomic mass is 9.97. The number of hydrogen-bond acceptors (Lipinski definition) is 2. The van der Waals surface area contributed by atoms with Gasteiger partial charge >= 0.3 is 0 Å². The van der Waals surface area contributed by atoms with Gasteiger partial charge in [0.25, 0.3) is 5.82 Å². The number of benzene rings is 1. The van der Waals surface area contributed by atoms with Gasteiger partial charge in [-0.25, -0.2) is 4.98 Å². The van der Waals surface area contributed by atoms with Crippen LogP contribution in [-0.2, 0) is 19.5 Å². The van der Waals surface area contributed by atoms with Gasteiger partial charge in [0.05, 0.1) is 19.2 Å². The number of rotatable bonds is 3. The molecule has 5 heteroatoms. The second kappa shape index (κ2) is 6.35. The van der Waals surface area contributed by atoms with Crippen LogP contribution in [0.3, 0.4) is 0 Å². The molecule has 0 saturated carbocycles. The number of aromatic nitrogens is 1. The summed E-state index contributed by atoms with van der Waals surface area (Å²) in [4.78, 5) is 4.60. The molecular formula is C17H19ClN4+2. The molecule has 4 nitrogen and oxygen atoms in total. The van der Waals surface area contributed by atoms with Gasteiger partial charge in [-0.2, -0.15) is 5.26 Å². The van der Waals surface area contributed by atoms with Gasteiger partial charge in [0, 0.05) is 6.42 Å². The van der Waals surface area contributed by atoms with Crippen molar-refractivity contribution in [3.8, 4) is 6.07 Å². The maximum Gasteiger partial charge on any atom is 0.283 e. The molecule has 1 aliphatic heterocycles. The molecule has 0 radical (unpaired) electrons. The average Bonchev–Trinajstić information content (AvgIpc) is 2.54. The molecule has 2 aromatic rings. The maximum atomic E-state index is 9.36. The Labute approximate surface area is 135 Å². The van der Waals surface area contributed by atoms with Crippen molar-refractivity contribution in [3.05, 3.63) is 57.7 Å². The Kier molecular flexibility index (Phi) is 4.28. The van der Waals surface area contributed by atoms with Crippen molar-refractivity contribution in [1.29, 1.82) is 5.26 Å².